The fraction of sp³-hybridized carbons (Fsp3) is 0.625. The number of benzene rings is 1. The number of carbonyl (C=O) groups is 3. The van der Waals surface area contributed by atoms with E-state index in [1.54, 1.807) is 30.1 Å². The Morgan fingerprint density at radius 2 is 1.94 bits per heavy atom. The normalized spacial score (nSPS) is 27.7. The zero-order valence-corrected chi connectivity index (χ0v) is 18.5. The van der Waals surface area contributed by atoms with Gasteiger partial charge in [0.25, 0.3) is 5.91 Å². The molecule has 0 unspecified atom stereocenters. The number of carbonyl (C=O) groups excluding carboxylic acids is 3. The molecule has 8 nitrogen and oxygen atoms in total. The first-order chi connectivity index (χ1) is 15.5. The van der Waals surface area contributed by atoms with Crippen molar-refractivity contribution >= 4 is 23.4 Å². The number of likely N-dealkylation sites (N-methyl/N-ethyl adjacent to an activating group) is 1. The molecule has 3 fully saturated rings. The van der Waals surface area contributed by atoms with Crippen LogP contribution in [0.2, 0.25) is 0 Å². The summed E-state index contributed by atoms with van der Waals surface area (Å²) in [4.78, 5) is 39.4. The molecule has 2 aliphatic carbocycles. The molecule has 172 valence electrons. The van der Waals surface area contributed by atoms with Gasteiger partial charge in [-0.15, -0.1) is 0 Å². The number of rotatable bonds is 5. The molecule has 0 aromatic heterocycles. The summed E-state index contributed by atoms with van der Waals surface area (Å²) in [6.07, 6.45) is 6.53. The highest BCUT2D eigenvalue weighted by molar-refractivity contribution is 6.00. The zero-order valence-electron chi connectivity index (χ0n) is 18.5. The van der Waals surface area contributed by atoms with E-state index in [2.05, 4.69) is 10.6 Å². The summed E-state index contributed by atoms with van der Waals surface area (Å²) in [5.74, 6) is 0.474. The summed E-state index contributed by atoms with van der Waals surface area (Å²) in [5, 5.41) is 5.97. The van der Waals surface area contributed by atoms with Crippen molar-refractivity contribution in [2.75, 3.05) is 19.0 Å². The second-order valence-electron chi connectivity index (χ2n) is 9.54. The second kappa shape index (κ2) is 8.73. The Morgan fingerprint density at radius 3 is 2.66 bits per heavy atom. The Hall–Kier alpha value is -2.61. The minimum absolute atomic E-state index is 0.00523. The van der Waals surface area contributed by atoms with Crippen LogP contribution in [-0.2, 0) is 14.3 Å². The highest BCUT2D eigenvalue weighted by Crippen LogP contribution is 2.34. The van der Waals surface area contributed by atoms with Gasteiger partial charge in [-0.1, -0.05) is 0 Å². The third-order valence-electron chi connectivity index (χ3n) is 7.11. The van der Waals surface area contributed by atoms with Gasteiger partial charge in [-0.2, -0.15) is 0 Å². The number of hydrogen-bond donors (Lipinski definition) is 2. The van der Waals surface area contributed by atoms with Crippen LogP contribution in [0, 0.1) is 5.92 Å². The van der Waals surface area contributed by atoms with E-state index in [-0.39, 0.29) is 41.9 Å². The maximum Gasteiger partial charge on any atom is 0.257 e. The van der Waals surface area contributed by atoms with Crippen molar-refractivity contribution in [3.05, 3.63) is 23.8 Å². The average Bonchev–Trinajstić information content (AvgIpc) is 3.59. The summed E-state index contributed by atoms with van der Waals surface area (Å²) in [6.45, 7) is 0.309. The van der Waals surface area contributed by atoms with E-state index in [0.717, 1.165) is 38.5 Å². The molecule has 3 amide bonds. The van der Waals surface area contributed by atoms with E-state index in [1.165, 1.54) is 6.42 Å². The van der Waals surface area contributed by atoms with E-state index in [4.69, 9.17) is 9.47 Å². The zero-order chi connectivity index (χ0) is 22.2. The van der Waals surface area contributed by atoms with E-state index in [0.29, 0.717) is 36.1 Å². The van der Waals surface area contributed by atoms with Crippen LogP contribution in [0.25, 0.3) is 0 Å². The lowest BCUT2D eigenvalue weighted by Gasteiger charge is -2.42. The first kappa shape index (κ1) is 21.2. The molecule has 2 saturated carbocycles. The Labute approximate surface area is 188 Å². The molecule has 4 aliphatic rings. The second-order valence-corrected chi connectivity index (χ2v) is 9.54. The highest BCUT2D eigenvalue weighted by atomic mass is 16.5. The van der Waals surface area contributed by atoms with Gasteiger partial charge in [0, 0.05) is 24.7 Å². The quantitative estimate of drug-likeness (QED) is 0.732. The van der Waals surface area contributed by atoms with Crippen LogP contribution in [0.3, 0.4) is 0 Å². The summed E-state index contributed by atoms with van der Waals surface area (Å²) in [5.41, 5.74) is 1.06. The number of ether oxygens (including phenoxy) is 2. The van der Waals surface area contributed by atoms with Gasteiger partial charge in [0.2, 0.25) is 11.8 Å². The molecule has 1 saturated heterocycles. The molecule has 1 aromatic carbocycles. The SMILES string of the molecule is CN1C(=O)c2cc(NC(=O)C3CC3)ccc2OC[C@@H]2O[C@@H](CC(=O)NC3CCC3)CC[C@H]21. The highest BCUT2D eigenvalue weighted by Gasteiger charge is 2.39. The van der Waals surface area contributed by atoms with Crippen molar-refractivity contribution in [1.29, 1.82) is 0 Å². The van der Waals surface area contributed by atoms with Crippen LogP contribution in [0.1, 0.15) is 61.7 Å². The monoisotopic (exact) mass is 441 g/mol. The molecule has 0 spiro atoms. The maximum absolute atomic E-state index is 13.3. The van der Waals surface area contributed by atoms with E-state index < -0.39 is 0 Å². The molecule has 2 heterocycles. The molecule has 0 bridgehead atoms. The van der Waals surface area contributed by atoms with Gasteiger partial charge in [-0.25, -0.2) is 0 Å². The number of anilines is 1. The summed E-state index contributed by atoms with van der Waals surface area (Å²) < 4.78 is 12.2. The summed E-state index contributed by atoms with van der Waals surface area (Å²) in [7, 11) is 1.79. The molecule has 2 N–H and O–H groups in total. The molecule has 5 rings (SSSR count). The Bertz CT molecular complexity index is 911. The molecule has 3 atom stereocenters. The lowest BCUT2D eigenvalue weighted by molar-refractivity contribution is -0.135. The van der Waals surface area contributed by atoms with Crippen LogP contribution in [0.5, 0.6) is 5.75 Å². The molecule has 0 radical (unpaired) electrons. The van der Waals surface area contributed by atoms with Crippen molar-refractivity contribution in [1.82, 2.24) is 10.2 Å². The van der Waals surface area contributed by atoms with Crippen molar-refractivity contribution in [3.8, 4) is 5.75 Å². The van der Waals surface area contributed by atoms with Crippen LogP contribution >= 0.6 is 0 Å². The van der Waals surface area contributed by atoms with Gasteiger partial charge in [0.15, 0.2) is 0 Å². The maximum atomic E-state index is 13.3. The molecule has 1 aromatic rings. The van der Waals surface area contributed by atoms with E-state index in [1.807, 2.05) is 0 Å². The van der Waals surface area contributed by atoms with E-state index in [9.17, 15) is 14.4 Å². The third-order valence-corrected chi connectivity index (χ3v) is 7.11. The summed E-state index contributed by atoms with van der Waals surface area (Å²) in [6, 6.07) is 5.40. The van der Waals surface area contributed by atoms with Gasteiger partial charge < -0.3 is 25.0 Å². The van der Waals surface area contributed by atoms with Crippen LogP contribution in [0.15, 0.2) is 18.2 Å². The number of fused-ring (bicyclic) bond motifs is 2. The third kappa shape index (κ3) is 4.46. The van der Waals surface area contributed by atoms with Crippen LogP contribution < -0.4 is 15.4 Å². The standard InChI is InChI=1S/C24H31N3O5/c1-27-19-9-8-17(12-22(28)25-15-3-2-4-15)32-21(19)13-31-20-10-7-16(11-18(20)24(27)30)26-23(29)14-5-6-14/h7,10-11,14-15,17,19,21H,2-6,8-9,12-13H2,1H3,(H,25,28)(H,26,29)/t17-,19-,21+/m1/s1. The molecular weight excluding hydrogens is 410 g/mol. The van der Waals surface area contributed by atoms with Gasteiger partial charge in [-0.05, 0) is 63.1 Å². The fourth-order valence-electron chi connectivity index (χ4n) is 4.74. The number of nitrogens with one attached hydrogen (secondary N) is 2. The van der Waals surface area contributed by atoms with Crippen molar-refractivity contribution in [2.45, 2.75) is 75.7 Å². The van der Waals surface area contributed by atoms with Gasteiger partial charge in [0.1, 0.15) is 18.5 Å². The van der Waals surface area contributed by atoms with Crippen LogP contribution in [0.4, 0.5) is 5.69 Å². The lowest BCUT2D eigenvalue weighted by Crippen LogP contribution is -2.54. The molecule has 32 heavy (non-hydrogen) atoms. The van der Waals surface area contributed by atoms with Gasteiger partial charge in [-0.3, -0.25) is 14.4 Å². The number of hydrogen-bond acceptors (Lipinski definition) is 5. The Kier molecular flexibility index (Phi) is 5.80. The largest absolute Gasteiger partial charge is 0.490 e. The van der Waals surface area contributed by atoms with E-state index >= 15 is 0 Å². The van der Waals surface area contributed by atoms with Gasteiger partial charge in [0.05, 0.1) is 24.1 Å². The predicted octanol–water partition coefficient (Wildman–Crippen LogP) is 2.47. The average molecular weight is 442 g/mol. The van der Waals surface area contributed by atoms with Gasteiger partial charge >= 0.3 is 0 Å². The fourth-order valence-corrected chi connectivity index (χ4v) is 4.74. The first-order valence-corrected chi connectivity index (χ1v) is 11.8. The van der Waals surface area contributed by atoms with Crippen molar-refractivity contribution < 1.29 is 23.9 Å². The van der Waals surface area contributed by atoms with Crippen molar-refractivity contribution in [3.63, 3.8) is 0 Å². The minimum atomic E-state index is -0.290. The summed E-state index contributed by atoms with van der Waals surface area (Å²) >= 11 is 0. The van der Waals surface area contributed by atoms with Crippen molar-refractivity contribution in [2.24, 2.45) is 5.92 Å². The number of amides is 3. The molecular formula is C24H31N3O5. The first-order valence-electron chi connectivity index (χ1n) is 11.8. The molecule has 8 heteroatoms. The lowest BCUT2D eigenvalue weighted by atomic mass is 9.92. The van der Waals surface area contributed by atoms with Crippen LogP contribution in [-0.4, -0.2) is 60.6 Å². The molecule has 2 aliphatic heterocycles. The topological polar surface area (TPSA) is 97.0 Å². The Balaban J connectivity index is 1.25. The number of nitrogens with zero attached hydrogens (tertiary/aromatic N) is 1. The Morgan fingerprint density at radius 1 is 1.12 bits per heavy atom. The minimum Gasteiger partial charge on any atom is -0.490 e. The predicted molar refractivity (Wildman–Crippen MR) is 117 cm³/mol. The smallest absolute Gasteiger partial charge is 0.257 e.